The third kappa shape index (κ3) is 4.79. The van der Waals surface area contributed by atoms with Crippen LogP contribution < -0.4 is 15.8 Å². The molecule has 6 heteroatoms. The number of nitrogens with two attached hydrogens (primary N) is 1. The first-order valence-corrected chi connectivity index (χ1v) is 6.44. The van der Waals surface area contributed by atoms with Crippen molar-refractivity contribution in [2.75, 3.05) is 20.3 Å². The van der Waals surface area contributed by atoms with Crippen LogP contribution in [0.25, 0.3) is 0 Å². The molecule has 0 radical (unpaired) electrons. The first kappa shape index (κ1) is 16.4. The molecule has 3 N–H and O–H groups in total. The molecule has 0 saturated heterocycles. The van der Waals surface area contributed by atoms with Crippen molar-refractivity contribution in [3.05, 3.63) is 29.6 Å². The van der Waals surface area contributed by atoms with Gasteiger partial charge in [0.05, 0.1) is 6.61 Å². The van der Waals surface area contributed by atoms with Crippen molar-refractivity contribution in [2.45, 2.75) is 26.0 Å². The van der Waals surface area contributed by atoms with E-state index in [9.17, 15) is 9.18 Å². The number of hydrogen-bond acceptors (Lipinski definition) is 4. The van der Waals surface area contributed by atoms with Crippen molar-refractivity contribution >= 4 is 5.91 Å². The second-order valence-corrected chi connectivity index (χ2v) is 4.52. The molecule has 112 valence electrons. The standard InChI is InChI=1S/C14H21FN2O3/c1-9(16)11-4-5-13(12(15)8-11)20-10(2)14(18)17-6-7-19-3/h4-5,8-10H,6-7,16H2,1-3H3,(H,17,18). The second-order valence-electron chi connectivity index (χ2n) is 4.52. The number of halogens is 1. The zero-order chi connectivity index (χ0) is 15.1. The fourth-order valence-electron chi connectivity index (χ4n) is 1.56. The Morgan fingerprint density at radius 1 is 1.45 bits per heavy atom. The molecule has 2 atom stereocenters. The van der Waals surface area contributed by atoms with Crippen molar-refractivity contribution in [1.82, 2.24) is 5.32 Å². The van der Waals surface area contributed by atoms with Gasteiger partial charge in [-0.15, -0.1) is 0 Å². The molecule has 5 nitrogen and oxygen atoms in total. The van der Waals surface area contributed by atoms with Crippen LogP contribution in [0.15, 0.2) is 18.2 Å². The molecule has 1 aromatic carbocycles. The zero-order valence-electron chi connectivity index (χ0n) is 12.0. The second kappa shape index (κ2) is 7.81. The molecule has 0 aliphatic carbocycles. The summed E-state index contributed by atoms with van der Waals surface area (Å²) in [6.07, 6.45) is -0.789. The average Bonchev–Trinajstić information content (AvgIpc) is 2.40. The number of carbonyl (C=O) groups excluding carboxylic acids is 1. The van der Waals surface area contributed by atoms with Crippen molar-refractivity contribution < 1.29 is 18.7 Å². The Morgan fingerprint density at radius 2 is 2.15 bits per heavy atom. The molecule has 0 spiro atoms. The van der Waals surface area contributed by atoms with E-state index in [-0.39, 0.29) is 17.7 Å². The van der Waals surface area contributed by atoms with Gasteiger partial charge in [-0.2, -0.15) is 0 Å². The molecular weight excluding hydrogens is 263 g/mol. The van der Waals surface area contributed by atoms with Crippen LogP contribution in [0.2, 0.25) is 0 Å². The first-order chi connectivity index (χ1) is 9.45. The molecular formula is C14H21FN2O3. The van der Waals surface area contributed by atoms with Crippen LogP contribution in [0.5, 0.6) is 5.75 Å². The predicted octanol–water partition coefficient (Wildman–Crippen LogP) is 1.38. The summed E-state index contributed by atoms with van der Waals surface area (Å²) in [5.74, 6) is -0.821. The summed E-state index contributed by atoms with van der Waals surface area (Å²) in [6, 6.07) is 4.22. The average molecular weight is 284 g/mol. The molecule has 0 aliphatic rings. The van der Waals surface area contributed by atoms with Gasteiger partial charge in [0.2, 0.25) is 0 Å². The third-order valence-corrected chi connectivity index (χ3v) is 2.76. The Labute approximate surface area is 118 Å². The van der Waals surface area contributed by atoms with E-state index in [0.29, 0.717) is 18.7 Å². The van der Waals surface area contributed by atoms with Crippen LogP contribution in [0.4, 0.5) is 4.39 Å². The molecule has 1 rings (SSSR count). The molecule has 1 amide bonds. The van der Waals surface area contributed by atoms with E-state index in [4.69, 9.17) is 15.2 Å². The Kier molecular flexibility index (Phi) is 6.41. The van der Waals surface area contributed by atoms with Crippen molar-refractivity contribution in [2.24, 2.45) is 5.73 Å². The lowest BCUT2D eigenvalue weighted by atomic mass is 10.1. The minimum Gasteiger partial charge on any atom is -0.478 e. The third-order valence-electron chi connectivity index (χ3n) is 2.76. The highest BCUT2D eigenvalue weighted by Crippen LogP contribution is 2.22. The quantitative estimate of drug-likeness (QED) is 0.742. The van der Waals surface area contributed by atoms with Crippen LogP contribution in [0.1, 0.15) is 25.5 Å². The number of rotatable bonds is 7. The maximum Gasteiger partial charge on any atom is 0.260 e. The predicted molar refractivity (Wildman–Crippen MR) is 74.0 cm³/mol. The normalized spacial score (nSPS) is 13.7. The number of ether oxygens (including phenoxy) is 2. The molecule has 1 aromatic rings. The van der Waals surface area contributed by atoms with Gasteiger partial charge in [-0.1, -0.05) is 6.07 Å². The van der Waals surface area contributed by atoms with Crippen molar-refractivity contribution in [1.29, 1.82) is 0 Å². The number of carbonyl (C=O) groups is 1. The first-order valence-electron chi connectivity index (χ1n) is 6.44. The van der Waals surface area contributed by atoms with Gasteiger partial charge in [-0.25, -0.2) is 4.39 Å². The van der Waals surface area contributed by atoms with Gasteiger partial charge >= 0.3 is 0 Å². The Hall–Kier alpha value is -1.66. The van der Waals surface area contributed by atoms with Crippen molar-refractivity contribution in [3.8, 4) is 5.75 Å². The highest BCUT2D eigenvalue weighted by molar-refractivity contribution is 5.80. The van der Waals surface area contributed by atoms with Gasteiger partial charge in [0.15, 0.2) is 17.7 Å². The Morgan fingerprint density at radius 3 is 2.70 bits per heavy atom. The molecule has 2 unspecified atom stereocenters. The summed E-state index contributed by atoms with van der Waals surface area (Å²) >= 11 is 0. The van der Waals surface area contributed by atoms with E-state index in [1.165, 1.54) is 12.1 Å². The smallest absolute Gasteiger partial charge is 0.260 e. The number of benzene rings is 1. The van der Waals surface area contributed by atoms with Gasteiger partial charge in [0.25, 0.3) is 5.91 Å². The molecule has 0 heterocycles. The van der Waals surface area contributed by atoms with E-state index in [0.717, 1.165) is 0 Å². The van der Waals surface area contributed by atoms with Crippen molar-refractivity contribution in [3.63, 3.8) is 0 Å². The monoisotopic (exact) mass is 284 g/mol. The summed E-state index contributed by atoms with van der Waals surface area (Å²) in [4.78, 5) is 11.7. The summed E-state index contributed by atoms with van der Waals surface area (Å²) in [5, 5.41) is 2.62. The van der Waals surface area contributed by atoms with E-state index < -0.39 is 11.9 Å². The summed E-state index contributed by atoms with van der Waals surface area (Å²) in [6.45, 7) is 4.12. The van der Waals surface area contributed by atoms with E-state index in [2.05, 4.69) is 5.32 Å². The minimum absolute atomic E-state index is 0.0313. The van der Waals surface area contributed by atoms with Crippen LogP contribution in [0.3, 0.4) is 0 Å². The number of amides is 1. The van der Waals surface area contributed by atoms with Crippen LogP contribution in [-0.4, -0.2) is 32.3 Å². The molecule has 0 aromatic heterocycles. The van der Waals surface area contributed by atoms with Gasteiger partial charge in [-0.3, -0.25) is 4.79 Å². The molecule has 0 aliphatic heterocycles. The lowest BCUT2D eigenvalue weighted by Gasteiger charge is -2.16. The van der Waals surface area contributed by atoms with Crippen LogP contribution in [0, 0.1) is 5.82 Å². The summed E-state index contributed by atoms with van der Waals surface area (Å²) < 4.78 is 23.9. The lowest BCUT2D eigenvalue weighted by Crippen LogP contribution is -2.38. The van der Waals surface area contributed by atoms with Gasteiger partial charge in [0.1, 0.15) is 0 Å². The highest BCUT2D eigenvalue weighted by atomic mass is 19.1. The largest absolute Gasteiger partial charge is 0.478 e. The number of nitrogens with one attached hydrogen (secondary N) is 1. The van der Waals surface area contributed by atoms with Crippen LogP contribution >= 0.6 is 0 Å². The fourth-order valence-corrected chi connectivity index (χ4v) is 1.56. The lowest BCUT2D eigenvalue weighted by molar-refractivity contribution is -0.127. The van der Waals surface area contributed by atoms with E-state index >= 15 is 0 Å². The fraction of sp³-hybridized carbons (Fsp3) is 0.500. The van der Waals surface area contributed by atoms with E-state index in [1.54, 1.807) is 27.0 Å². The number of hydrogen-bond donors (Lipinski definition) is 2. The van der Waals surface area contributed by atoms with Gasteiger partial charge in [0, 0.05) is 19.7 Å². The van der Waals surface area contributed by atoms with Gasteiger partial charge in [-0.05, 0) is 31.5 Å². The maximum atomic E-state index is 13.8. The summed E-state index contributed by atoms with van der Waals surface area (Å²) in [7, 11) is 1.54. The van der Waals surface area contributed by atoms with Gasteiger partial charge < -0.3 is 20.5 Å². The van der Waals surface area contributed by atoms with Crippen LogP contribution in [-0.2, 0) is 9.53 Å². The zero-order valence-corrected chi connectivity index (χ0v) is 12.0. The maximum absolute atomic E-state index is 13.8. The topological polar surface area (TPSA) is 73.6 Å². The minimum atomic E-state index is -0.789. The molecule has 0 bridgehead atoms. The molecule has 0 fully saturated rings. The Balaban J connectivity index is 2.61. The summed E-state index contributed by atoms with van der Waals surface area (Å²) in [5.41, 5.74) is 6.34. The Bertz CT molecular complexity index is 452. The highest BCUT2D eigenvalue weighted by Gasteiger charge is 2.16. The molecule has 20 heavy (non-hydrogen) atoms. The SMILES string of the molecule is COCCNC(=O)C(C)Oc1ccc(C(C)N)cc1F. The van der Waals surface area contributed by atoms with E-state index in [1.807, 2.05) is 0 Å². The number of methoxy groups -OCH3 is 1. The molecule has 0 saturated carbocycles.